The van der Waals surface area contributed by atoms with Crippen LogP contribution < -0.4 is 19.3 Å². The first-order valence-corrected chi connectivity index (χ1v) is 11.7. The molecule has 0 bridgehead atoms. The van der Waals surface area contributed by atoms with E-state index in [0.717, 1.165) is 4.31 Å². The normalized spacial score (nSPS) is 13.2. The fourth-order valence-electron chi connectivity index (χ4n) is 3.46. The van der Waals surface area contributed by atoms with E-state index in [1.165, 1.54) is 48.4 Å². The molecule has 0 radical (unpaired) electrons. The number of hydrogen-bond acceptors (Lipinski definition) is 5. The van der Waals surface area contributed by atoms with Gasteiger partial charge in [0, 0.05) is 5.02 Å². The molecule has 0 saturated heterocycles. The highest BCUT2D eigenvalue weighted by Gasteiger charge is 2.32. The Balaban J connectivity index is 1.72. The van der Waals surface area contributed by atoms with Crippen molar-refractivity contribution < 1.29 is 22.7 Å². The second-order valence-electron chi connectivity index (χ2n) is 7.21. The van der Waals surface area contributed by atoms with E-state index in [2.05, 4.69) is 5.32 Å². The molecule has 0 aliphatic carbocycles. The fraction of sp³-hybridized carbons (Fsp3) is 0.130. The van der Waals surface area contributed by atoms with Crippen LogP contribution in [0.1, 0.15) is 0 Å². The lowest BCUT2D eigenvalue weighted by Crippen LogP contribution is -2.48. The van der Waals surface area contributed by atoms with Crippen molar-refractivity contribution in [1.82, 2.24) is 0 Å². The van der Waals surface area contributed by atoms with Gasteiger partial charge in [-0.25, -0.2) is 8.42 Å². The molecule has 1 N–H and O–H groups in total. The van der Waals surface area contributed by atoms with Crippen LogP contribution in [0.5, 0.6) is 5.75 Å². The number of sulfonamides is 1. The largest absolute Gasteiger partial charge is 0.497 e. The summed E-state index contributed by atoms with van der Waals surface area (Å²) in [6, 6.07) is 18.8. The number of anilines is 3. The maximum atomic E-state index is 13.5. The van der Waals surface area contributed by atoms with Crippen LogP contribution in [-0.2, 0) is 19.6 Å². The molecule has 10 heteroatoms. The van der Waals surface area contributed by atoms with Crippen molar-refractivity contribution in [3.8, 4) is 5.75 Å². The molecule has 33 heavy (non-hydrogen) atoms. The molecule has 0 aromatic heterocycles. The van der Waals surface area contributed by atoms with E-state index >= 15 is 0 Å². The molecule has 0 spiro atoms. The van der Waals surface area contributed by atoms with Gasteiger partial charge in [0.15, 0.2) is 0 Å². The summed E-state index contributed by atoms with van der Waals surface area (Å²) in [5, 5.41) is 3.14. The van der Waals surface area contributed by atoms with Crippen LogP contribution in [0, 0.1) is 0 Å². The Morgan fingerprint density at radius 3 is 2.39 bits per heavy atom. The first-order chi connectivity index (χ1) is 15.8. The highest BCUT2D eigenvalue weighted by atomic mass is 35.5. The van der Waals surface area contributed by atoms with Crippen molar-refractivity contribution in [3.63, 3.8) is 0 Å². The number of nitrogens with zero attached hydrogens (tertiary/aromatic N) is 2. The number of ether oxygens (including phenoxy) is 1. The number of fused-ring (bicyclic) bond motifs is 1. The maximum Gasteiger partial charge on any atom is 0.264 e. The minimum Gasteiger partial charge on any atom is -0.497 e. The van der Waals surface area contributed by atoms with Gasteiger partial charge < -0.3 is 10.1 Å². The molecule has 0 atom stereocenters. The zero-order valence-electron chi connectivity index (χ0n) is 17.6. The number of methoxy groups -OCH3 is 1. The molecule has 3 aromatic rings. The van der Waals surface area contributed by atoms with Gasteiger partial charge in [-0.15, -0.1) is 0 Å². The number of carbonyl (C=O) groups excluding carboxylic acids is 2. The molecule has 8 nitrogen and oxygen atoms in total. The van der Waals surface area contributed by atoms with E-state index in [4.69, 9.17) is 16.3 Å². The Hall–Kier alpha value is -3.56. The van der Waals surface area contributed by atoms with Crippen molar-refractivity contribution in [2.75, 3.05) is 34.7 Å². The summed E-state index contributed by atoms with van der Waals surface area (Å²) < 4.78 is 33.2. The zero-order chi connectivity index (χ0) is 23.6. The van der Waals surface area contributed by atoms with E-state index in [1.54, 1.807) is 36.4 Å². The third-order valence-corrected chi connectivity index (χ3v) is 7.15. The Kier molecular flexibility index (Phi) is 6.26. The fourth-order valence-corrected chi connectivity index (χ4v) is 5.00. The smallest absolute Gasteiger partial charge is 0.264 e. The Bertz CT molecular complexity index is 1290. The van der Waals surface area contributed by atoms with E-state index in [-0.39, 0.29) is 23.0 Å². The highest BCUT2D eigenvalue weighted by molar-refractivity contribution is 7.92. The average Bonchev–Trinajstić information content (AvgIpc) is 2.82. The van der Waals surface area contributed by atoms with Crippen LogP contribution in [0.15, 0.2) is 77.7 Å². The van der Waals surface area contributed by atoms with Gasteiger partial charge in [0.2, 0.25) is 11.8 Å². The summed E-state index contributed by atoms with van der Waals surface area (Å²) >= 11 is 5.98. The molecule has 4 rings (SSSR count). The second kappa shape index (κ2) is 9.13. The molecule has 1 heterocycles. The predicted octanol–water partition coefficient (Wildman–Crippen LogP) is 3.53. The number of rotatable bonds is 6. The average molecular weight is 486 g/mol. The molecule has 170 valence electrons. The van der Waals surface area contributed by atoms with Crippen LogP contribution in [0.3, 0.4) is 0 Å². The van der Waals surface area contributed by atoms with Crippen molar-refractivity contribution >= 4 is 50.5 Å². The summed E-state index contributed by atoms with van der Waals surface area (Å²) in [6.07, 6.45) is 0. The third-order valence-electron chi connectivity index (χ3n) is 5.11. The van der Waals surface area contributed by atoms with Crippen LogP contribution in [0.2, 0.25) is 5.02 Å². The third kappa shape index (κ3) is 4.64. The quantitative estimate of drug-likeness (QED) is 0.576. The number of para-hydroxylation sites is 2. The number of amides is 2. The SMILES string of the molecule is COc1ccc(S(=O)(=O)N(CC(=O)N2CC(=O)Nc3ccccc32)c2ccc(Cl)cc2)cc1. The lowest BCUT2D eigenvalue weighted by Gasteiger charge is -2.32. The van der Waals surface area contributed by atoms with Gasteiger partial charge in [-0.1, -0.05) is 23.7 Å². The Labute approximate surface area is 196 Å². The van der Waals surface area contributed by atoms with Crippen LogP contribution >= 0.6 is 11.6 Å². The van der Waals surface area contributed by atoms with Crippen LogP contribution in [0.4, 0.5) is 17.1 Å². The van der Waals surface area contributed by atoms with Crippen LogP contribution in [-0.4, -0.2) is 40.4 Å². The molecule has 0 saturated carbocycles. The van der Waals surface area contributed by atoms with Gasteiger partial charge in [0.25, 0.3) is 10.0 Å². The van der Waals surface area contributed by atoms with E-state index in [9.17, 15) is 18.0 Å². The number of nitrogens with one attached hydrogen (secondary N) is 1. The van der Waals surface area contributed by atoms with E-state index < -0.39 is 22.5 Å². The maximum absolute atomic E-state index is 13.5. The van der Waals surface area contributed by atoms with Gasteiger partial charge in [-0.3, -0.25) is 18.8 Å². The van der Waals surface area contributed by atoms with E-state index in [1.807, 2.05) is 0 Å². The minimum absolute atomic E-state index is 0.0113. The van der Waals surface area contributed by atoms with Gasteiger partial charge in [0.1, 0.15) is 18.8 Å². The van der Waals surface area contributed by atoms with Crippen molar-refractivity contribution in [1.29, 1.82) is 0 Å². The summed E-state index contributed by atoms with van der Waals surface area (Å²) in [6.45, 7) is -0.732. The van der Waals surface area contributed by atoms with Crippen molar-refractivity contribution in [2.24, 2.45) is 0 Å². The molecule has 1 aliphatic heterocycles. The molecular weight excluding hydrogens is 466 g/mol. The van der Waals surface area contributed by atoms with Crippen molar-refractivity contribution in [2.45, 2.75) is 4.90 Å². The molecule has 1 aliphatic rings. The number of hydrogen-bond donors (Lipinski definition) is 1. The van der Waals surface area contributed by atoms with Gasteiger partial charge in [0.05, 0.1) is 29.1 Å². The molecule has 0 fully saturated rings. The summed E-state index contributed by atoms with van der Waals surface area (Å²) in [5.41, 5.74) is 1.25. The molecule has 2 amide bonds. The lowest BCUT2D eigenvalue weighted by atomic mass is 10.2. The molecule has 0 unspecified atom stereocenters. The first-order valence-electron chi connectivity index (χ1n) is 9.91. The Morgan fingerprint density at radius 2 is 1.73 bits per heavy atom. The highest BCUT2D eigenvalue weighted by Crippen LogP contribution is 2.31. The standard InChI is InChI=1S/C23H20ClN3O5S/c1-32-18-10-12-19(13-11-18)33(30,31)27(17-8-6-16(24)7-9-17)15-23(29)26-14-22(28)25-20-4-2-3-5-21(20)26/h2-13H,14-15H2,1H3,(H,25,28). The molecule has 3 aromatic carbocycles. The van der Waals surface area contributed by atoms with E-state index in [0.29, 0.717) is 22.1 Å². The van der Waals surface area contributed by atoms with Crippen LogP contribution in [0.25, 0.3) is 0 Å². The summed E-state index contributed by atoms with van der Waals surface area (Å²) in [5.74, 6) is -0.415. The zero-order valence-corrected chi connectivity index (χ0v) is 19.1. The van der Waals surface area contributed by atoms with Gasteiger partial charge in [-0.05, 0) is 60.7 Å². The lowest BCUT2D eigenvalue weighted by molar-refractivity contribution is -0.121. The summed E-state index contributed by atoms with van der Waals surface area (Å²) in [7, 11) is -2.65. The molecular formula is C23H20ClN3O5S. The second-order valence-corrected chi connectivity index (χ2v) is 9.51. The predicted molar refractivity (Wildman–Crippen MR) is 126 cm³/mol. The van der Waals surface area contributed by atoms with Crippen molar-refractivity contribution in [3.05, 3.63) is 77.8 Å². The first kappa shape index (κ1) is 22.6. The summed E-state index contributed by atoms with van der Waals surface area (Å²) in [4.78, 5) is 26.7. The van der Waals surface area contributed by atoms with Gasteiger partial charge in [-0.2, -0.15) is 0 Å². The Morgan fingerprint density at radius 1 is 1.06 bits per heavy atom. The topological polar surface area (TPSA) is 96.0 Å². The number of carbonyl (C=O) groups is 2. The number of benzene rings is 3. The monoisotopic (exact) mass is 485 g/mol. The van der Waals surface area contributed by atoms with Gasteiger partial charge >= 0.3 is 0 Å². The number of halogens is 1. The minimum atomic E-state index is -4.13.